The van der Waals surface area contributed by atoms with Crippen molar-refractivity contribution in [2.75, 3.05) is 10.6 Å². The summed E-state index contributed by atoms with van der Waals surface area (Å²) < 4.78 is 40.1. The normalized spacial score (nSPS) is 10.6. The van der Waals surface area contributed by atoms with E-state index in [1.165, 1.54) is 11.6 Å². The van der Waals surface area contributed by atoms with Crippen molar-refractivity contribution < 1.29 is 18.0 Å². The number of hydrogen-bond acceptors (Lipinski definition) is 4. The van der Waals surface area contributed by atoms with Crippen molar-refractivity contribution in [1.29, 1.82) is 0 Å². The average molecular weight is 386 g/mol. The number of aromatic nitrogens is 2. The smallest absolute Gasteiger partial charge is 0.274 e. The van der Waals surface area contributed by atoms with Crippen LogP contribution in [0.25, 0.3) is 0 Å². The summed E-state index contributed by atoms with van der Waals surface area (Å²) in [6, 6.07) is 10.7. The van der Waals surface area contributed by atoms with E-state index >= 15 is 0 Å². The number of anilines is 3. The van der Waals surface area contributed by atoms with Gasteiger partial charge in [-0.25, -0.2) is 23.1 Å². The molecule has 5 nitrogen and oxygen atoms in total. The van der Waals surface area contributed by atoms with E-state index < -0.39 is 29.0 Å². The van der Waals surface area contributed by atoms with Crippen molar-refractivity contribution in [3.8, 4) is 0 Å². The topological polar surface area (TPSA) is 66.9 Å². The van der Waals surface area contributed by atoms with Crippen LogP contribution in [0.2, 0.25) is 0 Å². The zero-order chi connectivity index (χ0) is 20.3. The number of amides is 1. The number of nitrogens with zero attached hydrogens (tertiary/aromatic N) is 2. The molecule has 0 aliphatic carbocycles. The molecule has 0 spiro atoms. The molecule has 2 N–H and O–H groups in total. The number of carbonyl (C=O) groups is 1. The van der Waals surface area contributed by atoms with Gasteiger partial charge in [0.05, 0.1) is 5.69 Å². The summed E-state index contributed by atoms with van der Waals surface area (Å²) in [5.41, 5.74) is 1.87. The second-order valence-electron chi connectivity index (χ2n) is 6.07. The number of hydrogen-bond donors (Lipinski definition) is 2. The van der Waals surface area contributed by atoms with Crippen molar-refractivity contribution in [3.63, 3.8) is 0 Å². The Kier molecular flexibility index (Phi) is 5.58. The van der Waals surface area contributed by atoms with E-state index in [-0.39, 0.29) is 11.6 Å². The highest BCUT2D eigenvalue weighted by atomic mass is 19.2. The molecule has 0 radical (unpaired) electrons. The summed E-state index contributed by atoms with van der Waals surface area (Å²) in [6.07, 6.45) is 0.909. The van der Waals surface area contributed by atoms with E-state index in [1.54, 1.807) is 6.92 Å². The SMILES string of the molecule is CCc1ccc(Nc2nc(C)cc(C(=O)Nc3ccc(F)c(F)c3F)n2)cc1. The van der Waals surface area contributed by atoms with Gasteiger partial charge in [-0.05, 0) is 49.2 Å². The molecule has 0 aliphatic rings. The summed E-state index contributed by atoms with van der Waals surface area (Å²) in [5, 5.41) is 5.19. The molecule has 2 aromatic carbocycles. The van der Waals surface area contributed by atoms with Gasteiger partial charge in [0.25, 0.3) is 5.91 Å². The Balaban J connectivity index is 1.82. The summed E-state index contributed by atoms with van der Waals surface area (Å²) in [5.74, 6) is -5.07. The predicted octanol–water partition coefficient (Wildman–Crippen LogP) is 4.76. The van der Waals surface area contributed by atoms with Crippen LogP contribution in [-0.2, 0) is 6.42 Å². The lowest BCUT2D eigenvalue weighted by atomic mass is 10.1. The Bertz CT molecular complexity index is 1020. The highest BCUT2D eigenvalue weighted by Gasteiger charge is 2.17. The Labute approximate surface area is 159 Å². The maximum atomic E-state index is 13.8. The molecule has 8 heteroatoms. The molecule has 0 unspecified atom stereocenters. The molecular weight excluding hydrogens is 369 g/mol. The lowest BCUT2D eigenvalue weighted by Gasteiger charge is -2.10. The molecule has 1 aromatic heterocycles. The van der Waals surface area contributed by atoms with Crippen LogP contribution in [0.15, 0.2) is 42.5 Å². The van der Waals surface area contributed by atoms with E-state index in [0.717, 1.165) is 24.2 Å². The first-order valence-electron chi connectivity index (χ1n) is 8.54. The third kappa shape index (κ3) is 4.28. The van der Waals surface area contributed by atoms with Crippen molar-refractivity contribution in [2.45, 2.75) is 20.3 Å². The van der Waals surface area contributed by atoms with Crippen LogP contribution in [0.5, 0.6) is 0 Å². The van der Waals surface area contributed by atoms with Gasteiger partial charge in [-0.15, -0.1) is 0 Å². The minimum atomic E-state index is -1.66. The number of benzene rings is 2. The van der Waals surface area contributed by atoms with Crippen molar-refractivity contribution in [2.24, 2.45) is 0 Å². The van der Waals surface area contributed by atoms with Crippen LogP contribution in [0, 0.1) is 24.4 Å². The molecule has 0 fully saturated rings. The third-order valence-electron chi connectivity index (χ3n) is 3.99. The van der Waals surface area contributed by atoms with Gasteiger partial charge in [0.15, 0.2) is 17.5 Å². The lowest BCUT2D eigenvalue weighted by Crippen LogP contribution is -2.17. The van der Waals surface area contributed by atoms with Crippen LogP contribution in [0.1, 0.15) is 28.7 Å². The molecule has 0 bridgehead atoms. The second-order valence-corrected chi connectivity index (χ2v) is 6.07. The minimum Gasteiger partial charge on any atom is -0.324 e. The van der Waals surface area contributed by atoms with Gasteiger partial charge in [-0.3, -0.25) is 4.79 Å². The van der Waals surface area contributed by atoms with E-state index in [2.05, 4.69) is 20.6 Å². The van der Waals surface area contributed by atoms with E-state index in [4.69, 9.17) is 0 Å². The molecule has 0 saturated carbocycles. The summed E-state index contributed by atoms with van der Waals surface area (Å²) in [6.45, 7) is 3.72. The average Bonchev–Trinajstić information content (AvgIpc) is 2.68. The van der Waals surface area contributed by atoms with Crippen LogP contribution < -0.4 is 10.6 Å². The van der Waals surface area contributed by atoms with Gasteiger partial charge < -0.3 is 10.6 Å². The summed E-state index contributed by atoms with van der Waals surface area (Å²) in [4.78, 5) is 20.7. The maximum Gasteiger partial charge on any atom is 0.274 e. The Morgan fingerprint density at radius 3 is 2.39 bits per heavy atom. The largest absolute Gasteiger partial charge is 0.324 e. The van der Waals surface area contributed by atoms with Gasteiger partial charge in [-0.1, -0.05) is 19.1 Å². The van der Waals surface area contributed by atoms with Gasteiger partial charge >= 0.3 is 0 Å². The van der Waals surface area contributed by atoms with Crippen LogP contribution in [0.3, 0.4) is 0 Å². The summed E-state index contributed by atoms with van der Waals surface area (Å²) >= 11 is 0. The number of carbonyl (C=O) groups excluding carboxylic acids is 1. The Morgan fingerprint density at radius 1 is 1.00 bits per heavy atom. The maximum absolute atomic E-state index is 13.8. The molecule has 3 rings (SSSR count). The number of nitrogens with one attached hydrogen (secondary N) is 2. The molecule has 0 aliphatic heterocycles. The molecule has 1 heterocycles. The van der Waals surface area contributed by atoms with E-state index in [9.17, 15) is 18.0 Å². The standard InChI is InChI=1S/C20H17F3N4O/c1-3-12-4-6-13(7-5-12)25-20-24-11(2)10-16(27-20)19(28)26-15-9-8-14(21)17(22)18(15)23/h4-10H,3H2,1-2H3,(H,26,28)(H,24,25,27). The van der Waals surface area contributed by atoms with Gasteiger partial charge in [0.1, 0.15) is 5.69 Å². The Morgan fingerprint density at radius 2 is 1.71 bits per heavy atom. The minimum absolute atomic E-state index is 0.0516. The third-order valence-corrected chi connectivity index (χ3v) is 3.99. The van der Waals surface area contributed by atoms with Crippen LogP contribution in [0.4, 0.5) is 30.5 Å². The molecule has 0 saturated heterocycles. The lowest BCUT2D eigenvalue weighted by molar-refractivity contribution is 0.102. The van der Waals surface area contributed by atoms with Crippen molar-refractivity contribution in [3.05, 3.63) is 76.9 Å². The zero-order valence-electron chi connectivity index (χ0n) is 15.2. The van der Waals surface area contributed by atoms with Crippen LogP contribution in [-0.4, -0.2) is 15.9 Å². The highest BCUT2D eigenvalue weighted by Crippen LogP contribution is 2.21. The number of halogens is 3. The van der Waals surface area contributed by atoms with E-state index in [1.807, 2.05) is 31.2 Å². The molecule has 28 heavy (non-hydrogen) atoms. The zero-order valence-corrected chi connectivity index (χ0v) is 15.2. The fourth-order valence-electron chi connectivity index (χ4n) is 2.50. The molecule has 0 atom stereocenters. The fraction of sp³-hybridized carbons (Fsp3) is 0.150. The second kappa shape index (κ2) is 8.08. The molecule has 3 aromatic rings. The van der Waals surface area contributed by atoms with Crippen molar-refractivity contribution >= 4 is 23.2 Å². The van der Waals surface area contributed by atoms with Crippen LogP contribution >= 0.6 is 0 Å². The predicted molar refractivity (Wildman–Crippen MR) is 100 cm³/mol. The van der Waals surface area contributed by atoms with Crippen molar-refractivity contribution in [1.82, 2.24) is 9.97 Å². The first-order valence-corrected chi connectivity index (χ1v) is 8.54. The van der Waals surface area contributed by atoms with Gasteiger partial charge in [0, 0.05) is 11.4 Å². The first kappa shape index (κ1) is 19.3. The number of rotatable bonds is 5. The first-order chi connectivity index (χ1) is 13.4. The fourth-order valence-corrected chi connectivity index (χ4v) is 2.50. The molecular formula is C20H17F3N4O. The van der Waals surface area contributed by atoms with Gasteiger partial charge in [-0.2, -0.15) is 0 Å². The summed E-state index contributed by atoms with van der Waals surface area (Å²) in [7, 11) is 0. The van der Waals surface area contributed by atoms with E-state index in [0.29, 0.717) is 5.69 Å². The quantitative estimate of drug-likeness (QED) is 0.621. The molecule has 1 amide bonds. The number of aryl methyl sites for hydroxylation is 2. The Hall–Kier alpha value is -3.42. The monoisotopic (exact) mass is 386 g/mol. The van der Waals surface area contributed by atoms with Gasteiger partial charge in [0.2, 0.25) is 5.95 Å². The highest BCUT2D eigenvalue weighted by molar-refractivity contribution is 6.03. The molecule has 144 valence electrons.